The van der Waals surface area contributed by atoms with Gasteiger partial charge in [0, 0.05) is 18.7 Å². The molecule has 0 aliphatic carbocycles. The Morgan fingerprint density at radius 1 is 1.23 bits per heavy atom. The molecule has 10 nitrogen and oxygen atoms in total. The van der Waals surface area contributed by atoms with Gasteiger partial charge in [0.25, 0.3) is 5.91 Å². The summed E-state index contributed by atoms with van der Waals surface area (Å²) >= 11 is 0. The summed E-state index contributed by atoms with van der Waals surface area (Å²) in [5.41, 5.74) is 2.03. The van der Waals surface area contributed by atoms with Crippen LogP contribution in [0.2, 0.25) is 0 Å². The lowest BCUT2D eigenvalue weighted by molar-refractivity contribution is -0.125. The molecule has 0 spiro atoms. The molecule has 2 atom stereocenters. The molecule has 2 aromatic heterocycles. The van der Waals surface area contributed by atoms with Gasteiger partial charge in [0.05, 0.1) is 25.9 Å². The lowest BCUT2D eigenvalue weighted by atomic mass is 9.99. The smallest absolute Gasteiger partial charge is 0.271 e. The number of aryl methyl sites for hydroxylation is 1. The molecule has 1 aliphatic rings. The molecule has 0 radical (unpaired) electrons. The number of aldehydes is 1. The van der Waals surface area contributed by atoms with Gasteiger partial charge in [0.15, 0.2) is 0 Å². The van der Waals surface area contributed by atoms with Crippen molar-refractivity contribution in [1.82, 2.24) is 25.3 Å². The number of rotatable bonds is 8. The molecule has 3 N–H and O–H groups in total. The maximum atomic E-state index is 12.2. The first-order chi connectivity index (χ1) is 16.9. The number of methoxy groups -OCH3 is 1. The normalized spacial score (nSPS) is 15.4. The van der Waals surface area contributed by atoms with Gasteiger partial charge in [-0.25, -0.2) is 4.98 Å². The zero-order chi connectivity index (χ0) is 25.2. The van der Waals surface area contributed by atoms with Crippen molar-refractivity contribution in [2.24, 2.45) is 5.92 Å². The number of amides is 3. The summed E-state index contributed by atoms with van der Waals surface area (Å²) in [6, 6.07) is 12.9. The van der Waals surface area contributed by atoms with Crippen molar-refractivity contribution < 1.29 is 23.9 Å². The van der Waals surface area contributed by atoms with Crippen LogP contribution in [0.4, 0.5) is 0 Å². The Morgan fingerprint density at radius 3 is 2.60 bits per heavy atom. The molecule has 0 saturated carbocycles. The summed E-state index contributed by atoms with van der Waals surface area (Å²) in [6.45, 7) is 2.35. The monoisotopic (exact) mass is 479 g/mol. The molecule has 184 valence electrons. The van der Waals surface area contributed by atoms with E-state index < -0.39 is 17.9 Å². The fraction of sp³-hybridized carbons (Fsp3) is 0.320. The molecule has 3 heterocycles. The Morgan fingerprint density at radius 2 is 2.00 bits per heavy atom. The number of fused-ring (bicyclic) bond motifs is 1. The van der Waals surface area contributed by atoms with Crippen molar-refractivity contribution in [1.29, 1.82) is 0 Å². The fourth-order valence-corrected chi connectivity index (χ4v) is 3.57. The van der Waals surface area contributed by atoms with Crippen molar-refractivity contribution in [2.45, 2.75) is 25.8 Å². The van der Waals surface area contributed by atoms with Gasteiger partial charge in [0.1, 0.15) is 23.4 Å². The molecule has 1 saturated heterocycles. The number of nitrogens with zero attached hydrogens (tertiary/aromatic N) is 2. The molecule has 1 aromatic carbocycles. The molecule has 3 aromatic rings. The van der Waals surface area contributed by atoms with E-state index in [2.05, 4.69) is 40.0 Å². The van der Waals surface area contributed by atoms with Crippen LogP contribution in [0.25, 0.3) is 5.65 Å². The summed E-state index contributed by atoms with van der Waals surface area (Å²) < 4.78 is 6.76. The van der Waals surface area contributed by atoms with Gasteiger partial charge in [-0.1, -0.05) is 35.9 Å². The maximum absolute atomic E-state index is 12.2. The van der Waals surface area contributed by atoms with E-state index in [-0.39, 0.29) is 30.5 Å². The number of pyridine rings is 1. The Hall–Kier alpha value is -4.21. The lowest BCUT2D eigenvalue weighted by Gasteiger charge is -2.15. The number of carbonyl (C=O) groups is 4. The van der Waals surface area contributed by atoms with Gasteiger partial charge in [-0.15, -0.1) is 0 Å². The standard InChI is InChI=1S/C18H21N5O5.C7H8/c1-28-13-2-3-15-22-14(9-23(15)8-13)18(27)20-7-16(25)21-12(10-24)6-11-4-5-19-17(11)26;1-7-5-3-2-4-6-7/h2-3,8-12H,4-7H2,1H3,(H,19,26)(H,20,27)(H,21,25);2-6H,1H3. The zero-order valence-corrected chi connectivity index (χ0v) is 19.7. The quantitative estimate of drug-likeness (QED) is 0.417. The Bertz CT molecular complexity index is 1180. The molecule has 35 heavy (non-hydrogen) atoms. The highest BCUT2D eigenvalue weighted by atomic mass is 16.5. The van der Waals surface area contributed by atoms with E-state index in [0.29, 0.717) is 30.6 Å². The topological polar surface area (TPSA) is 131 Å². The third-order valence-electron chi connectivity index (χ3n) is 5.45. The number of aromatic nitrogens is 2. The number of nitrogens with one attached hydrogen (secondary N) is 3. The van der Waals surface area contributed by atoms with Gasteiger partial charge < -0.3 is 29.9 Å². The summed E-state index contributed by atoms with van der Waals surface area (Å²) in [4.78, 5) is 51.2. The molecule has 10 heteroatoms. The first-order valence-electron chi connectivity index (χ1n) is 11.2. The Kier molecular flexibility index (Phi) is 8.94. The lowest BCUT2D eigenvalue weighted by Crippen LogP contribution is -2.44. The van der Waals surface area contributed by atoms with E-state index in [1.807, 2.05) is 18.2 Å². The van der Waals surface area contributed by atoms with Gasteiger partial charge in [-0.2, -0.15) is 0 Å². The van der Waals surface area contributed by atoms with E-state index in [4.69, 9.17) is 4.74 Å². The Balaban J connectivity index is 0.000000420. The number of benzene rings is 1. The minimum atomic E-state index is -0.777. The average Bonchev–Trinajstić information content (AvgIpc) is 3.48. The van der Waals surface area contributed by atoms with Crippen LogP contribution in [0.1, 0.15) is 28.9 Å². The highest BCUT2D eigenvalue weighted by molar-refractivity contribution is 5.95. The van der Waals surface area contributed by atoms with E-state index in [1.165, 1.54) is 18.9 Å². The first-order valence-corrected chi connectivity index (χ1v) is 11.2. The number of hydrogen-bond donors (Lipinski definition) is 3. The van der Waals surface area contributed by atoms with Gasteiger partial charge >= 0.3 is 0 Å². The largest absolute Gasteiger partial charge is 0.495 e. The van der Waals surface area contributed by atoms with E-state index >= 15 is 0 Å². The third kappa shape index (κ3) is 7.39. The summed E-state index contributed by atoms with van der Waals surface area (Å²) in [6.07, 6.45) is 4.68. The average molecular weight is 480 g/mol. The highest BCUT2D eigenvalue weighted by Gasteiger charge is 2.27. The third-order valence-corrected chi connectivity index (χ3v) is 5.45. The second kappa shape index (κ2) is 12.3. The van der Waals surface area contributed by atoms with Crippen LogP contribution in [0.5, 0.6) is 5.75 Å². The SMILES string of the molecule is COc1ccc2nc(C(=O)NCC(=O)NC(C=O)CC3CCNC3=O)cn2c1.Cc1ccccc1. The van der Waals surface area contributed by atoms with Crippen LogP contribution in [0.15, 0.2) is 54.9 Å². The fourth-order valence-electron chi connectivity index (χ4n) is 3.57. The summed E-state index contributed by atoms with van der Waals surface area (Å²) in [7, 11) is 1.54. The van der Waals surface area contributed by atoms with Crippen molar-refractivity contribution in [2.75, 3.05) is 20.2 Å². The van der Waals surface area contributed by atoms with Crippen molar-refractivity contribution in [3.63, 3.8) is 0 Å². The van der Waals surface area contributed by atoms with Gasteiger partial charge in [0.2, 0.25) is 11.8 Å². The van der Waals surface area contributed by atoms with Gasteiger partial charge in [-0.3, -0.25) is 14.4 Å². The van der Waals surface area contributed by atoms with E-state index in [9.17, 15) is 19.2 Å². The predicted molar refractivity (Wildman–Crippen MR) is 129 cm³/mol. The van der Waals surface area contributed by atoms with Crippen LogP contribution >= 0.6 is 0 Å². The first kappa shape index (κ1) is 25.4. The summed E-state index contributed by atoms with van der Waals surface area (Å²) in [5.74, 6) is -0.824. The van der Waals surface area contributed by atoms with Crippen LogP contribution in [-0.4, -0.2) is 59.6 Å². The molecular formula is C25H29N5O5. The number of hydrogen-bond acceptors (Lipinski definition) is 6. The van der Waals surface area contributed by atoms with Gasteiger partial charge in [-0.05, 0) is 31.9 Å². The highest BCUT2D eigenvalue weighted by Crippen LogP contribution is 2.15. The molecule has 4 rings (SSSR count). The second-order valence-electron chi connectivity index (χ2n) is 8.12. The minimum absolute atomic E-state index is 0.113. The number of ether oxygens (including phenoxy) is 1. The zero-order valence-electron chi connectivity index (χ0n) is 19.7. The summed E-state index contributed by atoms with van der Waals surface area (Å²) in [5, 5.41) is 7.67. The molecule has 1 aliphatic heterocycles. The molecule has 0 bridgehead atoms. The number of carbonyl (C=O) groups excluding carboxylic acids is 4. The Labute approximate surface area is 203 Å². The van der Waals surface area contributed by atoms with Crippen LogP contribution in [0.3, 0.4) is 0 Å². The van der Waals surface area contributed by atoms with Crippen LogP contribution in [-0.2, 0) is 14.4 Å². The molecule has 1 fully saturated rings. The molecule has 2 unspecified atom stereocenters. The van der Waals surface area contributed by atoms with Crippen LogP contribution in [0, 0.1) is 12.8 Å². The van der Waals surface area contributed by atoms with E-state index in [1.54, 1.807) is 22.7 Å². The van der Waals surface area contributed by atoms with Crippen molar-refractivity contribution >= 4 is 29.7 Å². The van der Waals surface area contributed by atoms with Crippen LogP contribution < -0.4 is 20.7 Å². The minimum Gasteiger partial charge on any atom is -0.495 e. The predicted octanol–water partition coefficient (Wildman–Crippen LogP) is 1.28. The molecule has 3 amide bonds. The maximum Gasteiger partial charge on any atom is 0.271 e. The van der Waals surface area contributed by atoms with E-state index in [0.717, 1.165) is 0 Å². The molecular weight excluding hydrogens is 450 g/mol. The van der Waals surface area contributed by atoms with Crippen molar-refractivity contribution in [3.05, 3.63) is 66.1 Å². The second-order valence-corrected chi connectivity index (χ2v) is 8.12. The number of imidazole rings is 1. The van der Waals surface area contributed by atoms with Crippen molar-refractivity contribution in [3.8, 4) is 5.75 Å².